The number of nitrogens with zero attached hydrogens (tertiary/aromatic N) is 5. The molecule has 204 valence electrons. The highest BCUT2D eigenvalue weighted by molar-refractivity contribution is 5.84. The third-order valence-corrected chi connectivity index (χ3v) is 7.79. The summed E-state index contributed by atoms with van der Waals surface area (Å²) in [7, 11) is 0. The van der Waals surface area contributed by atoms with Gasteiger partial charge in [0.15, 0.2) is 11.2 Å². The third kappa shape index (κ3) is 4.68. The van der Waals surface area contributed by atoms with Gasteiger partial charge in [-0.15, -0.1) is 0 Å². The Hall–Kier alpha value is -5.09. The molecule has 7 rings (SSSR count). The smallest absolute Gasteiger partial charge is 0.326 e. The number of anilines is 1. The Kier molecular flexibility index (Phi) is 6.16. The monoisotopic (exact) mass is 544 g/mol. The van der Waals surface area contributed by atoms with Crippen molar-refractivity contribution in [1.29, 1.82) is 0 Å². The molecular weight excluding hydrogens is 516 g/mol. The molecule has 0 amide bonds. The molecular formula is C31H28N8O2. The van der Waals surface area contributed by atoms with Gasteiger partial charge < -0.3 is 10.7 Å². The molecule has 4 N–H and O–H groups in total. The van der Waals surface area contributed by atoms with Crippen LogP contribution in [-0.2, 0) is 6.54 Å². The summed E-state index contributed by atoms with van der Waals surface area (Å²) in [6.07, 6.45) is 1.83. The van der Waals surface area contributed by atoms with E-state index in [0.29, 0.717) is 11.4 Å². The van der Waals surface area contributed by atoms with Crippen LogP contribution in [0.4, 0.5) is 5.95 Å². The lowest BCUT2D eigenvalue weighted by Crippen LogP contribution is -2.36. The van der Waals surface area contributed by atoms with Crippen molar-refractivity contribution < 1.29 is 0 Å². The second-order valence-electron chi connectivity index (χ2n) is 10.4. The molecule has 3 aromatic carbocycles. The molecule has 1 aliphatic heterocycles. The summed E-state index contributed by atoms with van der Waals surface area (Å²) in [5.74, 6) is 0.00506. The molecule has 0 spiro atoms. The summed E-state index contributed by atoms with van der Waals surface area (Å²) in [4.78, 5) is 46.7. The maximum Gasteiger partial charge on any atom is 0.326 e. The Balaban J connectivity index is 1.12. The minimum absolute atomic E-state index is 0.00506. The summed E-state index contributed by atoms with van der Waals surface area (Å²) in [6, 6.07) is 26.0. The first kappa shape index (κ1) is 24.9. The molecule has 1 fully saturated rings. The van der Waals surface area contributed by atoms with Gasteiger partial charge in [0.25, 0.3) is 5.56 Å². The fourth-order valence-corrected chi connectivity index (χ4v) is 5.77. The van der Waals surface area contributed by atoms with Gasteiger partial charge in [-0.3, -0.25) is 19.2 Å². The molecule has 0 saturated carbocycles. The topological polar surface area (TPSA) is 139 Å². The molecule has 10 heteroatoms. The lowest BCUT2D eigenvalue weighted by Gasteiger charge is -2.32. The van der Waals surface area contributed by atoms with Gasteiger partial charge in [-0.25, -0.2) is 14.8 Å². The number of nitrogens with one attached hydrogen (secondary N) is 2. The fourth-order valence-electron chi connectivity index (χ4n) is 5.77. The van der Waals surface area contributed by atoms with Crippen molar-refractivity contribution in [3.8, 4) is 22.5 Å². The quantitative estimate of drug-likeness (QED) is 0.297. The van der Waals surface area contributed by atoms with E-state index >= 15 is 0 Å². The SMILES string of the molecule is Nc1nc2nc(-c3ccccc3)c(-c3ccc(CN4CCC(n5c(=O)[nH]c6ccccc65)CC4)cc3)nc2c(=O)[nH]1. The first-order valence-corrected chi connectivity index (χ1v) is 13.7. The number of para-hydroxylation sites is 2. The second kappa shape index (κ2) is 10.1. The van der Waals surface area contributed by atoms with Crippen molar-refractivity contribution in [2.75, 3.05) is 18.8 Å². The Morgan fingerprint density at radius 2 is 1.46 bits per heavy atom. The summed E-state index contributed by atoms with van der Waals surface area (Å²) < 4.78 is 1.92. The van der Waals surface area contributed by atoms with Crippen molar-refractivity contribution >= 4 is 28.1 Å². The van der Waals surface area contributed by atoms with E-state index in [1.807, 2.05) is 71.3 Å². The zero-order valence-electron chi connectivity index (χ0n) is 22.2. The van der Waals surface area contributed by atoms with Gasteiger partial charge in [0.1, 0.15) is 0 Å². The minimum atomic E-state index is -0.421. The van der Waals surface area contributed by atoms with E-state index in [9.17, 15) is 9.59 Å². The van der Waals surface area contributed by atoms with Gasteiger partial charge in [-0.2, -0.15) is 4.98 Å². The summed E-state index contributed by atoms with van der Waals surface area (Å²) in [6.45, 7) is 2.63. The summed E-state index contributed by atoms with van der Waals surface area (Å²) in [5, 5.41) is 0. The Bertz CT molecular complexity index is 1990. The molecule has 1 saturated heterocycles. The normalized spacial score (nSPS) is 14.6. The number of benzene rings is 3. The number of imidazole rings is 1. The molecule has 3 aromatic heterocycles. The van der Waals surface area contributed by atoms with E-state index in [-0.39, 0.29) is 28.8 Å². The number of hydrogen-bond acceptors (Lipinski definition) is 7. The molecule has 0 atom stereocenters. The molecule has 41 heavy (non-hydrogen) atoms. The van der Waals surface area contributed by atoms with Crippen molar-refractivity contribution in [2.24, 2.45) is 0 Å². The van der Waals surface area contributed by atoms with Crippen LogP contribution in [0.15, 0.2) is 88.5 Å². The molecule has 6 aromatic rings. The number of piperidine rings is 1. The van der Waals surface area contributed by atoms with Gasteiger partial charge in [0.05, 0.1) is 22.4 Å². The van der Waals surface area contributed by atoms with Gasteiger partial charge in [-0.1, -0.05) is 66.7 Å². The lowest BCUT2D eigenvalue weighted by molar-refractivity contribution is 0.180. The predicted octanol–water partition coefficient (Wildman–Crippen LogP) is 4.11. The molecule has 10 nitrogen and oxygen atoms in total. The predicted molar refractivity (Wildman–Crippen MR) is 159 cm³/mol. The van der Waals surface area contributed by atoms with Crippen LogP contribution in [-0.4, -0.2) is 47.5 Å². The van der Waals surface area contributed by atoms with Crippen LogP contribution in [0.1, 0.15) is 24.4 Å². The highest BCUT2D eigenvalue weighted by Crippen LogP contribution is 2.31. The largest absolute Gasteiger partial charge is 0.369 e. The van der Waals surface area contributed by atoms with E-state index in [1.165, 1.54) is 5.56 Å². The minimum Gasteiger partial charge on any atom is -0.369 e. The zero-order valence-corrected chi connectivity index (χ0v) is 22.2. The number of fused-ring (bicyclic) bond motifs is 2. The average molecular weight is 545 g/mol. The number of aromatic amines is 2. The van der Waals surface area contributed by atoms with Gasteiger partial charge in [-0.05, 0) is 30.5 Å². The maximum atomic E-state index is 12.6. The molecule has 1 aliphatic rings. The number of rotatable bonds is 5. The van der Waals surface area contributed by atoms with Crippen LogP contribution in [0.3, 0.4) is 0 Å². The third-order valence-electron chi connectivity index (χ3n) is 7.79. The first-order valence-electron chi connectivity index (χ1n) is 13.7. The average Bonchev–Trinajstić information content (AvgIpc) is 3.33. The molecule has 4 heterocycles. The van der Waals surface area contributed by atoms with E-state index in [4.69, 9.17) is 15.7 Å². The fraction of sp³-hybridized carbons (Fsp3) is 0.194. The van der Waals surface area contributed by atoms with E-state index < -0.39 is 5.56 Å². The van der Waals surface area contributed by atoms with Crippen LogP contribution in [0.25, 0.3) is 44.7 Å². The maximum absolute atomic E-state index is 12.6. The number of likely N-dealkylation sites (tertiary alicyclic amines) is 1. The van der Waals surface area contributed by atoms with Crippen molar-refractivity contribution in [3.05, 3.63) is 105 Å². The highest BCUT2D eigenvalue weighted by Gasteiger charge is 2.24. The molecule has 0 bridgehead atoms. The molecule has 0 unspecified atom stereocenters. The number of nitrogens with two attached hydrogens (primary N) is 1. The zero-order chi connectivity index (χ0) is 27.9. The highest BCUT2D eigenvalue weighted by atomic mass is 16.1. The van der Waals surface area contributed by atoms with Gasteiger partial charge in [0, 0.05) is 36.8 Å². The summed E-state index contributed by atoms with van der Waals surface area (Å²) in [5.41, 5.74) is 11.7. The van der Waals surface area contributed by atoms with Crippen LogP contribution in [0, 0.1) is 0 Å². The number of H-pyrrole nitrogens is 2. The van der Waals surface area contributed by atoms with Crippen LogP contribution >= 0.6 is 0 Å². The Morgan fingerprint density at radius 1 is 0.780 bits per heavy atom. The number of hydrogen-bond donors (Lipinski definition) is 3. The van der Waals surface area contributed by atoms with Crippen molar-refractivity contribution in [2.45, 2.75) is 25.4 Å². The first-order chi connectivity index (χ1) is 20.0. The Labute approximate surface area is 234 Å². The standard InChI is InChI=1S/C31H28N8O2/c32-30-36-28-27(29(40)37-30)34-25(26(35-28)20-6-2-1-3-7-20)21-12-10-19(11-13-21)18-38-16-14-22(15-17-38)39-24-9-5-4-8-23(24)33-31(39)41/h1-13,22H,14-18H2,(H,33,41)(H3,32,35,36,37,40). The molecule has 0 radical (unpaired) electrons. The summed E-state index contributed by atoms with van der Waals surface area (Å²) >= 11 is 0. The van der Waals surface area contributed by atoms with Crippen LogP contribution in [0.2, 0.25) is 0 Å². The number of nitrogen functional groups attached to an aromatic ring is 1. The van der Waals surface area contributed by atoms with E-state index in [0.717, 1.165) is 54.6 Å². The van der Waals surface area contributed by atoms with Crippen molar-refractivity contribution in [1.82, 2.24) is 34.4 Å². The van der Waals surface area contributed by atoms with E-state index in [1.54, 1.807) is 0 Å². The van der Waals surface area contributed by atoms with Crippen LogP contribution < -0.4 is 17.0 Å². The van der Waals surface area contributed by atoms with Crippen molar-refractivity contribution in [3.63, 3.8) is 0 Å². The lowest BCUT2D eigenvalue weighted by atomic mass is 10.0. The van der Waals surface area contributed by atoms with Gasteiger partial charge >= 0.3 is 5.69 Å². The van der Waals surface area contributed by atoms with Gasteiger partial charge in [0.2, 0.25) is 5.95 Å². The van der Waals surface area contributed by atoms with E-state index in [2.05, 4.69) is 32.0 Å². The number of aromatic nitrogens is 6. The Morgan fingerprint density at radius 3 is 2.24 bits per heavy atom. The van der Waals surface area contributed by atoms with Crippen LogP contribution in [0.5, 0.6) is 0 Å². The molecule has 0 aliphatic carbocycles. The second-order valence-corrected chi connectivity index (χ2v) is 10.4.